The van der Waals surface area contributed by atoms with Crippen molar-refractivity contribution in [3.63, 3.8) is 0 Å². The van der Waals surface area contributed by atoms with Gasteiger partial charge in [0.05, 0.1) is 25.3 Å². The molecule has 0 amide bonds. The van der Waals surface area contributed by atoms with Crippen LogP contribution in [0.4, 0.5) is 5.82 Å². The molecule has 158 valence electrons. The Labute approximate surface area is 188 Å². The van der Waals surface area contributed by atoms with Crippen molar-refractivity contribution in [2.75, 3.05) is 6.26 Å². The van der Waals surface area contributed by atoms with E-state index >= 15 is 0 Å². The van der Waals surface area contributed by atoms with E-state index in [1.807, 2.05) is 43.3 Å². The lowest BCUT2D eigenvalue weighted by molar-refractivity contribution is 0.680. The molecule has 2 aromatic heterocycles. The summed E-state index contributed by atoms with van der Waals surface area (Å²) in [4.78, 5) is 11.1. The van der Waals surface area contributed by atoms with Gasteiger partial charge in [-0.25, -0.2) is 14.2 Å². The molecule has 6 heteroatoms. The molecule has 1 atom stereocenters. The lowest BCUT2D eigenvalue weighted by Crippen LogP contribution is -1.97. The number of aryl methyl sites for hydroxylation is 3. The quantitative estimate of drug-likeness (QED) is 0.336. The van der Waals surface area contributed by atoms with Crippen LogP contribution in [-0.2, 0) is 16.1 Å². The van der Waals surface area contributed by atoms with Crippen molar-refractivity contribution in [3.8, 4) is 21.7 Å². The first-order chi connectivity index (χ1) is 14.9. The SMILES string of the molecule is CCc1nc(-c2cccc(C)c2)c(-c2ccnc(N=S(C)(=O)c3ccc(C)cc3)c2)s1. The number of thiazole rings is 1. The van der Waals surface area contributed by atoms with Gasteiger partial charge in [0.15, 0.2) is 5.82 Å². The second-order valence-corrected chi connectivity index (χ2v) is 11.0. The predicted molar refractivity (Wildman–Crippen MR) is 130 cm³/mol. The van der Waals surface area contributed by atoms with E-state index in [1.54, 1.807) is 23.8 Å². The second kappa shape index (κ2) is 8.73. The Morgan fingerprint density at radius 2 is 1.74 bits per heavy atom. The summed E-state index contributed by atoms with van der Waals surface area (Å²) in [7, 11) is -2.60. The maximum Gasteiger partial charge on any atom is 0.162 e. The summed E-state index contributed by atoms with van der Waals surface area (Å²) in [6.07, 6.45) is 4.26. The molecular formula is C25H25N3OS2. The minimum absolute atomic E-state index is 0.465. The highest BCUT2D eigenvalue weighted by atomic mass is 32.2. The molecule has 0 saturated heterocycles. The van der Waals surface area contributed by atoms with Gasteiger partial charge in [0.2, 0.25) is 0 Å². The Balaban J connectivity index is 1.80. The summed E-state index contributed by atoms with van der Waals surface area (Å²) in [6.45, 7) is 6.21. The summed E-state index contributed by atoms with van der Waals surface area (Å²) in [5.41, 5.74) is 5.38. The number of nitrogens with zero attached hydrogens (tertiary/aromatic N) is 3. The number of rotatable bonds is 5. The van der Waals surface area contributed by atoms with Crippen LogP contribution >= 0.6 is 11.3 Å². The zero-order valence-electron chi connectivity index (χ0n) is 18.1. The molecule has 0 fully saturated rings. The molecular weight excluding hydrogens is 422 g/mol. The highest BCUT2D eigenvalue weighted by Gasteiger charge is 2.16. The Kier molecular flexibility index (Phi) is 6.03. The predicted octanol–water partition coefficient (Wildman–Crippen LogP) is 6.84. The van der Waals surface area contributed by atoms with Crippen LogP contribution in [0.1, 0.15) is 23.1 Å². The lowest BCUT2D eigenvalue weighted by Gasteiger charge is -2.07. The van der Waals surface area contributed by atoms with Gasteiger partial charge < -0.3 is 0 Å². The minimum Gasteiger partial charge on any atom is -0.245 e. The van der Waals surface area contributed by atoms with E-state index in [2.05, 4.69) is 47.5 Å². The van der Waals surface area contributed by atoms with Crippen LogP contribution in [0, 0.1) is 13.8 Å². The van der Waals surface area contributed by atoms with Gasteiger partial charge >= 0.3 is 0 Å². The fourth-order valence-corrected chi connectivity index (χ4v) is 5.56. The summed E-state index contributed by atoms with van der Waals surface area (Å²) < 4.78 is 17.8. The van der Waals surface area contributed by atoms with Crippen LogP contribution in [0.3, 0.4) is 0 Å². The summed E-state index contributed by atoms with van der Waals surface area (Å²) in [6, 6.07) is 19.9. The number of pyridine rings is 1. The fraction of sp³-hybridized carbons (Fsp3) is 0.200. The van der Waals surface area contributed by atoms with Crippen molar-refractivity contribution in [3.05, 3.63) is 83.0 Å². The normalized spacial score (nSPS) is 13.0. The van der Waals surface area contributed by atoms with Gasteiger partial charge in [0.25, 0.3) is 0 Å². The highest BCUT2D eigenvalue weighted by molar-refractivity contribution is 7.93. The van der Waals surface area contributed by atoms with Crippen molar-refractivity contribution < 1.29 is 4.21 Å². The third kappa shape index (κ3) is 4.75. The van der Waals surface area contributed by atoms with Gasteiger partial charge in [-0.3, -0.25) is 0 Å². The molecule has 0 aliphatic heterocycles. The molecule has 1 unspecified atom stereocenters. The molecule has 31 heavy (non-hydrogen) atoms. The molecule has 0 spiro atoms. The molecule has 0 aliphatic carbocycles. The first-order valence-corrected chi connectivity index (χ1v) is 12.9. The average molecular weight is 448 g/mol. The molecule has 0 saturated carbocycles. The Morgan fingerprint density at radius 3 is 2.45 bits per heavy atom. The standard InChI is InChI=1S/C25H25N3OS2/c1-5-23-27-24(19-8-6-7-18(3)15-19)25(30-23)20-13-14-26-22(16-20)28-31(4,29)21-11-9-17(2)10-12-21/h6-16H,5H2,1-4H3. The van der Waals surface area contributed by atoms with E-state index in [0.717, 1.165) is 38.7 Å². The zero-order chi connectivity index (χ0) is 22.0. The van der Waals surface area contributed by atoms with Crippen LogP contribution in [0.15, 0.2) is 76.1 Å². The summed E-state index contributed by atoms with van der Waals surface area (Å²) in [5.74, 6) is 0.465. The fourth-order valence-electron chi connectivity index (χ4n) is 3.33. The van der Waals surface area contributed by atoms with Gasteiger partial charge in [0, 0.05) is 22.9 Å². The molecule has 0 N–H and O–H groups in total. The lowest BCUT2D eigenvalue weighted by atomic mass is 10.1. The van der Waals surface area contributed by atoms with Crippen LogP contribution in [0.2, 0.25) is 0 Å². The molecule has 0 bridgehead atoms. The van der Waals surface area contributed by atoms with Crippen LogP contribution in [0.5, 0.6) is 0 Å². The summed E-state index contributed by atoms with van der Waals surface area (Å²) in [5, 5.41) is 1.08. The van der Waals surface area contributed by atoms with E-state index in [9.17, 15) is 4.21 Å². The average Bonchev–Trinajstić information content (AvgIpc) is 3.19. The second-order valence-electron chi connectivity index (χ2n) is 7.62. The van der Waals surface area contributed by atoms with Crippen molar-refractivity contribution in [2.45, 2.75) is 32.1 Å². The largest absolute Gasteiger partial charge is 0.245 e. The first kappa shape index (κ1) is 21.4. The topological polar surface area (TPSA) is 55.2 Å². The van der Waals surface area contributed by atoms with Gasteiger partial charge in [0.1, 0.15) is 0 Å². The molecule has 2 aromatic carbocycles. The van der Waals surface area contributed by atoms with Crippen LogP contribution in [0.25, 0.3) is 21.7 Å². The molecule has 0 aliphatic rings. The third-order valence-corrected chi connectivity index (χ3v) is 7.93. The first-order valence-electron chi connectivity index (χ1n) is 10.2. The highest BCUT2D eigenvalue weighted by Crippen LogP contribution is 2.38. The monoisotopic (exact) mass is 447 g/mol. The molecule has 4 nitrogen and oxygen atoms in total. The van der Waals surface area contributed by atoms with Crippen LogP contribution < -0.4 is 0 Å². The van der Waals surface area contributed by atoms with E-state index < -0.39 is 9.73 Å². The maximum atomic E-state index is 13.3. The van der Waals surface area contributed by atoms with E-state index in [1.165, 1.54) is 5.56 Å². The van der Waals surface area contributed by atoms with Gasteiger partial charge in [-0.1, -0.05) is 48.4 Å². The molecule has 2 heterocycles. The van der Waals surface area contributed by atoms with Crippen LogP contribution in [-0.4, -0.2) is 20.4 Å². The van der Waals surface area contributed by atoms with Crippen molar-refractivity contribution >= 4 is 26.9 Å². The van der Waals surface area contributed by atoms with E-state index in [0.29, 0.717) is 10.7 Å². The Hall–Kier alpha value is -2.83. The maximum absolute atomic E-state index is 13.3. The van der Waals surface area contributed by atoms with Crippen molar-refractivity contribution in [1.29, 1.82) is 0 Å². The minimum atomic E-state index is -2.60. The summed E-state index contributed by atoms with van der Waals surface area (Å²) >= 11 is 1.69. The van der Waals surface area contributed by atoms with Crippen molar-refractivity contribution in [2.24, 2.45) is 4.36 Å². The number of aromatic nitrogens is 2. The number of benzene rings is 2. The molecule has 0 radical (unpaired) electrons. The smallest absolute Gasteiger partial charge is 0.162 e. The number of hydrogen-bond donors (Lipinski definition) is 0. The zero-order valence-corrected chi connectivity index (χ0v) is 19.8. The van der Waals surface area contributed by atoms with Crippen molar-refractivity contribution in [1.82, 2.24) is 9.97 Å². The molecule has 4 aromatic rings. The van der Waals surface area contributed by atoms with E-state index in [-0.39, 0.29) is 0 Å². The van der Waals surface area contributed by atoms with Gasteiger partial charge in [-0.15, -0.1) is 11.3 Å². The van der Waals surface area contributed by atoms with Gasteiger partial charge in [-0.05, 0) is 56.2 Å². The Morgan fingerprint density at radius 1 is 0.968 bits per heavy atom. The third-order valence-electron chi connectivity index (χ3n) is 5.00. The Bertz CT molecular complexity index is 1350. The number of hydrogen-bond acceptors (Lipinski definition) is 5. The molecule has 4 rings (SSSR count). The van der Waals surface area contributed by atoms with E-state index in [4.69, 9.17) is 4.98 Å². The van der Waals surface area contributed by atoms with Gasteiger partial charge in [-0.2, -0.15) is 4.36 Å².